The molecular formula is C17H28N2O. The first kappa shape index (κ1) is 16.7. The minimum atomic E-state index is 0.142. The van der Waals surface area contributed by atoms with Crippen molar-refractivity contribution in [2.75, 3.05) is 6.54 Å². The van der Waals surface area contributed by atoms with Crippen molar-refractivity contribution in [3.63, 3.8) is 0 Å². The number of carbonyl (C=O) groups is 1. The van der Waals surface area contributed by atoms with Crippen LogP contribution in [0.4, 0.5) is 0 Å². The SMILES string of the molecule is CCCC(CCN)CCC(=O)NCc1ccc(C)cc1. The van der Waals surface area contributed by atoms with E-state index in [0.29, 0.717) is 18.9 Å². The van der Waals surface area contributed by atoms with Crippen LogP contribution < -0.4 is 11.1 Å². The van der Waals surface area contributed by atoms with Crippen LogP contribution in [-0.4, -0.2) is 12.5 Å². The number of hydrogen-bond donors (Lipinski definition) is 2. The predicted molar refractivity (Wildman–Crippen MR) is 84.3 cm³/mol. The Morgan fingerprint density at radius 1 is 1.20 bits per heavy atom. The van der Waals surface area contributed by atoms with Gasteiger partial charge in [-0.05, 0) is 37.8 Å². The number of aryl methyl sites for hydroxylation is 1. The largest absolute Gasteiger partial charge is 0.352 e. The van der Waals surface area contributed by atoms with E-state index in [2.05, 4.69) is 43.4 Å². The topological polar surface area (TPSA) is 55.1 Å². The summed E-state index contributed by atoms with van der Waals surface area (Å²) in [6.45, 7) is 5.58. The molecule has 0 radical (unpaired) electrons. The summed E-state index contributed by atoms with van der Waals surface area (Å²) in [6, 6.07) is 8.26. The number of carbonyl (C=O) groups excluding carboxylic acids is 1. The maximum atomic E-state index is 11.9. The van der Waals surface area contributed by atoms with E-state index in [9.17, 15) is 4.79 Å². The lowest BCUT2D eigenvalue weighted by molar-refractivity contribution is -0.121. The average Bonchev–Trinajstić information content (AvgIpc) is 2.44. The predicted octanol–water partition coefficient (Wildman–Crippen LogP) is 3.16. The second-order valence-electron chi connectivity index (χ2n) is 5.53. The van der Waals surface area contributed by atoms with Gasteiger partial charge in [0, 0.05) is 13.0 Å². The molecule has 1 aromatic rings. The molecule has 3 N–H and O–H groups in total. The molecule has 20 heavy (non-hydrogen) atoms. The first-order valence-corrected chi connectivity index (χ1v) is 7.68. The molecule has 0 aliphatic heterocycles. The van der Waals surface area contributed by atoms with Gasteiger partial charge in [-0.3, -0.25) is 4.79 Å². The summed E-state index contributed by atoms with van der Waals surface area (Å²) in [7, 11) is 0. The van der Waals surface area contributed by atoms with Gasteiger partial charge in [-0.1, -0.05) is 49.6 Å². The number of amides is 1. The second-order valence-corrected chi connectivity index (χ2v) is 5.53. The van der Waals surface area contributed by atoms with E-state index >= 15 is 0 Å². The highest BCUT2D eigenvalue weighted by Gasteiger charge is 2.09. The highest BCUT2D eigenvalue weighted by Crippen LogP contribution is 2.16. The molecule has 1 unspecified atom stereocenters. The van der Waals surface area contributed by atoms with Gasteiger partial charge < -0.3 is 11.1 Å². The molecule has 0 aliphatic rings. The van der Waals surface area contributed by atoms with E-state index in [4.69, 9.17) is 5.73 Å². The van der Waals surface area contributed by atoms with Crippen LogP contribution >= 0.6 is 0 Å². The summed E-state index contributed by atoms with van der Waals surface area (Å²) in [5, 5.41) is 2.99. The van der Waals surface area contributed by atoms with E-state index in [1.54, 1.807) is 0 Å². The summed E-state index contributed by atoms with van der Waals surface area (Å²) in [4.78, 5) is 11.9. The fraction of sp³-hybridized carbons (Fsp3) is 0.588. The lowest BCUT2D eigenvalue weighted by atomic mass is 9.94. The third-order valence-corrected chi connectivity index (χ3v) is 3.66. The van der Waals surface area contributed by atoms with Gasteiger partial charge in [-0.25, -0.2) is 0 Å². The maximum Gasteiger partial charge on any atom is 0.220 e. The number of nitrogens with one attached hydrogen (secondary N) is 1. The monoisotopic (exact) mass is 276 g/mol. The van der Waals surface area contributed by atoms with Crippen LogP contribution in [0.1, 0.15) is 50.2 Å². The molecule has 1 aromatic carbocycles. The normalized spacial score (nSPS) is 12.2. The molecule has 0 saturated carbocycles. The zero-order valence-electron chi connectivity index (χ0n) is 12.8. The van der Waals surface area contributed by atoms with E-state index < -0.39 is 0 Å². The summed E-state index contributed by atoms with van der Waals surface area (Å²) in [5.74, 6) is 0.735. The molecule has 0 heterocycles. The summed E-state index contributed by atoms with van der Waals surface area (Å²) < 4.78 is 0. The fourth-order valence-electron chi connectivity index (χ4n) is 2.41. The van der Waals surface area contributed by atoms with E-state index in [0.717, 1.165) is 31.4 Å². The van der Waals surface area contributed by atoms with Crippen molar-refractivity contribution in [1.29, 1.82) is 0 Å². The second kappa shape index (κ2) is 9.54. The molecule has 112 valence electrons. The van der Waals surface area contributed by atoms with Gasteiger partial charge in [-0.2, -0.15) is 0 Å². The quantitative estimate of drug-likeness (QED) is 0.728. The van der Waals surface area contributed by atoms with Crippen molar-refractivity contribution < 1.29 is 4.79 Å². The van der Waals surface area contributed by atoms with Gasteiger partial charge in [-0.15, -0.1) is 0 Å². The molecule has 3 nitrogen and oxygen atoms in total. The van der Waals surface area contributed by atoms with Gasteiger partial charge >= 0.3 is 0 Å². The Kier molecular flexibility index (Phi) is 7.97. The van der Waals surface area contributed by atoms with Gasteiger partial charge in [0.15, 0.2) is 0 Å². The number of rotatable bonds is 9. The van der Waals surface area contributed by atoms with Crippen LogP contribution in [-0.2, 0) is 11.3 Å². The van der Waals surface area contributed by atoms with Crippen molar-refractivity contribution >= 4 is 5.91 Å². The van der Waals surface area contributed by atoms with Crippen LogP contribution in [0, 0.1) is 12.8 Å². The molecular weight excluding hydrogens is 248 g/mol. The molecule has 0 spiro atoms. The maximum absolute atomic E-state index is 11.9. The lowest BCUT2D eigenvalue weighted by Crippen LogP contribution is -2.23. The summed E-state index contributed by atoms with van der Waals surface area (Å²) in [5.41, 5.74) is 8.00. The Labute approximate surface area is 122 Å². The first-order valence-electron chi connectivity index (χ1n) is 7.68. The van der Waals surface area contributed by atoms with Crippen LogP contribution in [0.15, 0.2) is 24.3 Å². The highest BCUT2D eigenvalue weighted by atomic mass is 16.1. The van der Waals surface area contributed by atoms with Gasteiger partial charge in [0.2, 0.25) is 5.91 Å². The van der Waals surface area contributed by atoms with Crippen LogP contribution in [0.2, 0.25) is 0 Å². The molecule has 1 atom stereocenters. The van der Waals surface area contributed by atoms with Crippen molar-refractivity contribution in [2.24, 2.45) is 11.7 Å². The van der Waals surface area contributed by atoms with E-state index in [-0.39, 0.29) is 5.91 Å². The molecule has 1 amide bonds. The minimum absolute atomic E-state index is 0.142. The summed E-state index contributed by atoms with van der Waals surface area (Å²) in [6.07, 6.45) is 4.92. The Balaban J connectivity index is 2.27. The average molecular weight is 276 g/mol. The first-order chi connectivity index (χ1) is 9.65. The van der Waals surface area contributed by atoms with Crippen molar-refractivity contribution in [3.8, 4) is 0 Å². The van der Waals surface area contributed by atoms with Gasteiger partial charge in [0.25, 0.3) is 0 Å². The fourth-order valence-corrected chi connectivity index (χ4v) is 2.41. The molecule has 0 aliphatic carbocycles. The Morgan fingerprint density at radius 2 is 1.90 bits per heavy atom. The Bertz CT molecular complexity index is 380. The number of benzene rings is 1. The van der Waals surface area contributed by atoms with E-state index in [1.807, 2.05) is 0 Å². The number of nitrogens with two attached hydrogens (primary N) is 1. The molecule has 0 bridgehead atoms. The third-order valence-electron chi connectivity index (χ3n) is 3.66. The third kappa shape index (κ3) is 6.71. The van der Waals surface area contributed by atoms with Gasteiger partial charge in [0.1, 0.15) is 0 Å². The molecule has 0 saturated heterocycles. The zero-order valence-corrected chi connectivity index (χ0v) is 12.8. The van der Waals surface area contributed by atoms with Crippen molar-refractivity contribution in [3.05, 3.63) is 35.4 Å². The standard InChI is InChI=1S/C17H28N2O/c1-3-4-15(11-12-18)9-10-17(20)19-13-16-7-5-14(2)6-8-16/h5-8,15H,3-4,9-13,18H2,1-2H3,(H,19,20). The van der Waals surface area contributed by atoms with Gasteiger partial charge in [0.05, 0.1) is 0 Å². The molecule has 0 aromatic heterocycles. The minimum Gasteiger partial charge on any atom is -0.352 e. The van der Waals surface area contributed by atoms with Crippen molar-refractivity contribution in [1.82, 2.24) is 5.32 Å². The number of hydrogen-bond acceptors (Lipinski definition) is 2. The van der Waals surface area contributed by atoms with Crippen molar-refractivity contribution in [2.45, 2.75) is 52.5 Å². The Hall–Kier alpha value is -1.35. The lowest BCUT2D eigenvalue weighted by Gasteiger charge is -2.14. The highest BCUT2D eigenvalue weighted by molar-refractivity contribution is 5.75. The van der Waals surface area contributed by atoms with Crippen LogP contribution in [0.3, 0.4) is 0 Å². The summed E-state index contributed by atoms with van der Waals surface area (Å²) >= 11 is 0. The smallest absolute Gasteiger partial charge is 0.220 e. The van der Waals surface area contributed by atoms with E-state index in [1.165, 1.54) is 12.0 Å². The Morgan fingerprint density at radius 3 is 2.50 bits per heavy atom. The molecule has 1 rings (SSSR count). The molecule has 0 fully saturated rings. The van der Waals surface area contributed by atoms with Crippen LogP contribution in [0.25, 0.3) is 0 Å². The molecule has 3 heteroatoms. The van der Waals surface area contributed by atoms with Crippen LogP contribution in [0.5, 0.6) is 0 Å². The zero-order chi connectivity index (χ0) is 14.8.